The second-order valence-electron chi connectivity index (χ2n) is 7.06. The van der Waals surface area contributed by atoms with E-state index in [0.717, 1.165) is 19.4 Å². The Balaban J connectivity index is 0.000000633. The van der Waals surface area contributed by atoms with E-state index >= 15 is 0 Å². The molecular formula is C22H29F3N2O5. The van der Waals surface area contributed by atoms with Gasteiger partial charge in [-0.25, -0.2) is 4.79 Å². The van der Waals surface area contributed by atoms with E-state index < -0.39 is 24.2 Å². The van der Waals surface area contributed by atoms with Gasteiger partial charge in [-0.15, -0.1) is 0 Å². The van der Waals surface area contributed by atoms with E-state index in [-0.39, 0.29) is 11.9 Å². The van der Waals surface area contributed by atoms with Gasteiger partial charge in [-0.3, -0.25) is 14.9 Å². The van der Waals surface area contributed by atoms with Crippen molar-refractivity contribution in [3.05, 3.63) is 48.0 Å². The summed E-state index contributed by atoms with van der Waals surface area (Å²) in [5, 5.41) is 10.3. The third-order valence-corrected chi connectivity index (χ3v) is 4.57. The van der Waals surface area contributed by atoms with Crippen LogP contribution in [0, 0.1) is 0 Å². The van der Waals surface area contributed by atoms with Gasteiger partial charge in [0.2, 0.25) is 5.91 Å². The number of carboxylic acid groups (broad SMARTS) is 1. The van der Waals surface area contributed by atoms with E-state index in [1.165, 1.54) is 5.56 Å². The van der Waals surface area contributed by atoms with Crippen LogP contribution < -0.4 is 5.32 Å². The smallest absolute Gasteiger partial charge is 0.475 e. The predicted octanol–water partition coefficient (Wildman–Crippen LogP) is 2.95. The second kappa shape index (κ2) is 13.5. The van der Waals surface area contributed by atoms with Crippen LogP contribution in [0.5, 0.6) is 0 Å². The summed E-state index contributed by atoms with van der Waals surface area (Å²) in [5.41, 5.74) is 1.17. The van der Waals surface area contributed by atoms with Crippen molar-refractivity contribution in [3.8, 4) is 0 Å². The first-order valence-electron chi connectivity index (χ1n) is 10.3. The number of aliphatic carboxylic acids is 1. The molecule has 2 N–H and O–H groups in total. The highest BCUT2D eigenvalue weighted by Gasteiger charge is 2.38. The number of hydrogen-bond donors (Lipinski definition) is 2. The molecule has 1 heterocycles. The Morgan fingerprint density at radius 3 is 2.31 bits per heavy atom. The van der Waals surface area contributed by atoms with Gasteiger partial charge < -0.3 is 14.7 Å². The van der Waals surface area contributed by atoms with E-state index in [4.69, 9.17) is 14.6 Å². The van der Waals surface area contributed by atoms with Crippen molar-refractivity contribution in [1.29, 1.82) is 0 Å². The molecule has 0 saturated heterocycles. The minimum Gasteiger partial charge on any atom is -0.475 e. The van der Waals surface area contributed by atoms with E-state index in [0.29, 0.717) is 19.6 Å². The van der Waals surface area contributed by atoms with Crippen LogP contribution in [0.15, 0.2) is 42.5 Å². The molecule has 178 valence electrons. The van der Waals surface area contributed by atoms with Crippen LogP contribution in [0.2, 0.25) is 0 Å². The molecule has 0 unspecified atom stereocenters. The molecule has 0 aromatic heterocycles. The van der Waals surface area contributed by atoms with Gasteiger partial charge in [0.1, 0.15) is 6.04 Å². The quantitative estimate of drug-likeness (QED) is 0.459. The SMILES string of the molecule is CCOC(=O)[C@H](CCc1ccccc1)N[C@@H](C)C(=O)N1CC=CCC1.O=C(O)C(F)(F)F. The Kier molecular flexibility index (Phi) is 11.5. The van der Waals surface area contributed by atoms with Crippen molar-refractivity contribution in [1.82, 2.24) is 10.2 Å². The zero-order chi connectivity index (χ0) is 24.1. The number of carbonyl (C=O) groups is 3. The van der Waals surface area contributed by atoms with Crippen LogP contribution in [0.3, 0.4) is 0 Å². The maximum absolute atomic E-state index is 12.6. The monoisotopic (exact) mass is 458 g/mol. The lowest BCUT2D eigenvalue weighted by atomic mass is 10.0. The molecule has 1 aliphatic heterocycles. The Morgan fingerprint density at radius 2 is 1.81 bits per heavy atom. The van der Waals surface area contributed by atoms with Crippen molar-refractivity contribution in [2.45, 2.75) is 51.4 Å². The number of halogens is 3. The van der Waals surface area contributed by atoms with Gasteiger partial charge in [0.05, 0.1) is 12.6 Å². The molecule has 0 aliphatic carbocycles. The standard InChI is InChI=1S/C20H28N2O3.C2HF3O2/c1-3-25-20(24)18(13-12-17-10-6-4-7-11-17)21-16(2)19(23)22-14-8-5-9-15-22;3-2(4,5)1(6)7/h4-8,10-11,16,18,21H,3,9,12-15H2,1-2H3;(H,6,7)/t16-,18-;/m0./s1. The molecule has 0 bridgehead atoms. The molecule has 32 heavy (non-hydrogen) atoms. The Labute approximate surface area is 185 Å². The van der Waals surface area contributed by atoms with Crippen LogP contribution in [0.25, 0.3) is 0 Å². The molecule has 2 atom stereocenters. The van der Waals surface area contributed by atoms with E-state index in [2.05, 4.69) is 11.4 Å². The number of amides is 1. The summed E-state index contributed by atoms with van der Waals surface area (Å²) >= 11 is 0. The first-order chi connectivity index (χ1) is 15.1. The van der Waals surface area contributed by atoms with Crippen LogP contribution in [-0.2, 0) is 25.5 Å². The molecule has 1 aromatic rings. The summed E-state index contributed by atoms with van der Waals surface area (Å²) in [7, 11) is 0. The van der Waals surface area contributed by atoms with Crippen LogP contribution in [-0.4, -0.2) is 65.8 Å². The van der Waals surface area contributed by atoms with Gasteiger partial charge in [-0.05, 0) is 38.7 Å². The van der Waals surface area contributed by atoms with Crippen LogP contribution in [0.1, 0.15) is 32.3 Å². The highest BCUT2D eigenvalue weighted by molar-refractivity contribution is 5.83. The number of carbonyl (C=O) groups excluding carboxylic acids is 2. The van der Waals surface area contributed by atoms with Crippen molar-refractivity contribution in [3.63, 3.8) is 0 Å². The maximum atomic E-state index is 12.6. The van der Waals surface area contributed by atoms with E-state index in [1.807, 2.05) is 48.2 Å². The molecule has 1 amide bonds. The largest absolute Gasteiger partial charge is 0.490 e. The average Bonchev–Trinajstić information content (AvgIpc) is 2.77. The number of nitrogens with zero attached hydrogens (tertiary/aromatic N) is 1. The van der Waals surface area contributed by atoms with E-state index in [1.54, 1.807) is 6.92 Å². The van der Waals surface area contributed by atoms with Crippen molar-refractivity contribution >= 4 is 17.8 Å². The predicted molar refractivity (Wildman–Crippen MR) is 112 cm³/mol. The van der Waals surface area contributed by atoms with Gasteiger partial charge in [0.25, 0.3) is 0 Å². The number of alkyl halides is 3. The minimum atomic E-state index is -5.08. The highest BCUT2D eigenvalue weighted by atomic mass is 19.4. The van der Waals surface area contributed by atoms with Crippen LogP contribution >= 0.6 is 0 Å². The Morgan fingerprint density at radius 1 is 1.19 bits per heavy atom. The fraction of sp³-hybridized carbons (Fsp3) is 0.500. The van der Waals surface area contributed by atoms with Crippen LogP contribution in [0.4, 0.5) is 13.2 Å². The first-order valence-corrected chi connectivity index (χ1v) is 10.3. The number of benzene rings is 1. The lowest BCUT2D eigenvalue weighted by molar-refractivity contribution is -0.192. The zero-order valence-electron chi connectivity index (χ0n) is 18.1. The minimum absolute atomic E-state index is 0.0263. The van der Waals surface area contributed by atoms with Gasteiger partial charge in [0.15, 0.2) is 0 Å². The lowest BCUT2D eigenvalue weighted by Crippen LogP contribution is -2.51. The molecule has 0 saturated carbocycles. The molecule has 0 fully saturated rings. The first kappa shape index (κ1) is 27.2. The van der Waals surface area contributed by atoms with Crippen molar-refractivity contribution in [2.24, 2.45) is 0 Å². The summed E-state index contributed by atoms with van der Waals surface area (Å²) < 4.78 is 36.9. The Hall–Kier alpha value is -2.88. The molecular weight excluding hydrogens is 429 g/mol. The summed E-state index contributed by atoms with van der Waals surface area (Å²) in [4.78, 5) is 35.6. The average molecular weight is 458 g/mol. The molecule has 0 radical (unpaired) electrons. The van der Waals surface area contributed by atoms with E-state index in [9.17, 15) is 22.8 Å². The number of hydrogen-bond acceptors (Lipinski definition) is 5. The highest BCUT2D eigenvalue weighted by Crippen LogP contribution is 2.13. The topological polar surface area (TPSA) is 95.9 Å². The fourth-order valence-corrected chi connectivity index (χ4v) is 2.96. The number of nitrogens with one attached hydrogen (secondary N) is 1. The van der Waals surface area contributed by atoms with Gasteiger partial charge in [0, 0.05) is 13.1 Å². The third-order valence-electron chi connectivity index (χ3n) is 4.57. The number of aryl methyl sites for hydroxylation is 1. The maximum Gasteiger partial charge on any atom is 0.490 e. The fourth-order valence-electron chi connectivity index (χ4n) is 2.96. The number of esters is 1. The number of ether oxygens (including phenoxy) is 1. The molecule has 1 aromatic carbocycles. The summed E-state index contributed by atoms with van der Waals surface area (Å²) in [6, 6.07) is 9.11. The lowest BCUT2D eigenvalue weighted by Gasteiger charge is -2.28. The van der Waals surface area contributed by atoms with Gasteiger partial charge in [-0.2, -0.15) is 13.2 Å². The van der Waals surface area contributed by atoms with Crippen molar-refractivity contribution < 1.29 is 37.4 Å². The summed E-state index contributed by atoms with van der Waals surface area (Å²) in [5.74, 6) is -3.03. The summed E-state index contributed by atoms with van der Waals surface area (Å²) in [6.07, 6.45) is 1.24. The number of rotatable bonds is 8. The Bertz CT molecular complexity index is 769. The molecule has 0 spiro atoms. The van der Waals surface area contributed by atoms with Gasteiger partial charge >= 0.3 is 18.1 Å². The second-order valence-corrected chi connectivity index (χ2v) is 7.06. The normalized spacial score (nSPS) is 15.2. The number of carboxylic acids is 1. The molecule has 2 rings (SSSR count). The zero-order valence-corrected chi connectivity index (χ0v) is 18.1. The summed E-state index contributed by atoms with van der Waals surface area (Å²) in [6.45, 7) is 5.31. The van der Waals surface area contributed by atoms with Gasteiger partial charge in [-0.1, -0.05) is 42.5 Å². The molecule has 1 aliphatic rings. The van der Waals surface area contributed by atoms with Crippen molar-refractivity contribution in [2.75, 3.05) is 19.7 Å². The third kappa shape index (κ3) is 9.95. The molecule has 10 heteroatoms. The molecule has 7 nitrogen and oxygen atoms in total.